The number of thiocarbonyl (C=S) groups is 1. The second-order valence-electron chi connectivity index (χ2n) is 7.89. The number of rotatable bonds is 12. The van der Waals surface area contributed by atoms with Crippen molar-refractivity contribution in [3.63, 3.8) is 0 Å². The Morgan fingerprint density at radius 3 is 2.09 bits per heavy atom. The number of amides is 1. The molecule has 0 unspecified atom stereocenters. The fourth-order valence-electron chi connectivity index (χ4n) is 3.36. The third-order valence-corrected chi connectivity index (χ3v) is 5.36. The van der Waals surface area contributed by atoms with Crippen LogP contribution in [0.15, 0.2) is 84.9 Å². The normalized spacial score (nSPS) is 10.3. The van der Waals surface area contributed by atoms with Gasteiger partial charge in [0.05, 0.1) is 25.3 Å². The molecule has 0 aliphatic heterocycles. The minimum atomic E-state index is -0.413. The van der Waals surface area contributed by atoms with Crippen LogP contribution in [-0.4, -0.2) is 30.2 Å². The molecular formula is C28H30N2O4S. The highest BCUT2D eigenvalue weighted by Crippen LogP contribution is 2.24. The third kappa shape index (κ3) is 9.98. The van der Waals surface area contributed by atoms with E-state index in [4.69, 9.17) is 21.7 Å². The lowest BCUT2D eigenvalue weighted by atomic mass is 10.1. The van der Waals surface area contributed by atoms with Crippen molar-refractivity contribution in [1.82, 2.24) is 5.32 Å². The molecule has 0 fully saturated rings. The van der Waals surface area contributed by atoms with E-state index in [1.165, 1.54) is 5.56 Å². The Labute approximate surface area is 211 Å². The number of ether oxygens (including phenoxy) is 2. The van der Waals surface area contributed by atoms with Crippen LogP contribution >= 0.6 is 12.2 Å². The molecule has 6 nitrogen and oxygen atoms in total. The van der Waals surface area contributed by atoms with Crippen molar-refractivity contribution in [2.45, 2.75) is 32.1 Å². The first-order valence-electron chi connectivity index (χ1n) is 11.7. The summed E-state index contributed by atoms with van der Waals surface area (Å²) in [5, 5.41) is 5.74. The monoisotopic (exact) mass is 490 g/mol. The van der Waals surface area contributed by atoms with Gasteiger partial charge in [-0.05, 0) is 48.3 Å². The van der Waals surface area contributed by atoms with Crippen molar-refractivity contribution in [2.24, 2.45) is 0 Å². The second kappa shape index (κ2) is 14.5. The van der Waals surface area contributed by atoms with Crippen LogP contribution in [0, 0.1) is 0 Å². The summed E-state index contributed by atoms with van der Waals surface area (Å²) in [6, 6.07) is 27.4. The largest absolute Gasteiger partial charge is 0.491 e. The molecule has 182 valence electrons. The molecule has 0 saturated heterocycles. The van der Waals surface area contributed by atoms with Gasteiger partial charge in [-0.2, -0.15) is 0 Å². The Kier molecular flexibility index (Phi) is 10.8. The fourth-order valence-corrected chi connectivity index (χ4v) is 3.58. The SMILES string of the molecule is O=C(CCC(=O)OCCc1ccccc1)NC(=S)Nc1ccccc1OCCCc1ccccc1. The van der Waals surface area contributed by atoms with Crippen LogP contribution in [0.1, 0.15) is 30.4 Å². The molecule has 0 aliphatic rings. The van der Waals surface area contributed by atoms with Crippen LogP contribution in [-0.2, 0) is 27.2 Å². The van der Waals surface area contributed by atoms with Crippen molar-refractivity contribution >= 4 is 34.9 Å². The maximum Gasteiger partial charge on any atom is 0.306 e. The second-order valence-corrected chi connectivity index (χ2v) is 8.30. The van der Waals surface area contributed by atoms with Crippen LogP contribution in [0.25, 0.3) is 0 Å². The molecule has 0 radical (unpaired) electrons. The van der Waals surface area contributed by atoms with E-state index in [0.717, 1.165) is 18.4 Å². The Morgan fingerprint density at radius 2 is 1.37 bits per heavy atom. The van der Waals surface area contributed by atoms with E-state index in [0.29, 0.717) is 24.5 Å². The summed E-state index contributed by atoms with van der Waals surface area (Å²) in [7, 11) is 0. The third-order valence-electron chi connectivity index (χ3n) is 5.15. The maximum absolute atomic E-state index is 12.2. The molecule has 7 heteroatoms. The van der Waals surface area contributed by atoms with Gasteiger partial charge in [-0.1, -0.05) is 72.8 Å². The van der Waals surface area contributed by atoms with E-state index >= 15 is 0 Å². The standard InChI is InChI=1S/C28H30N2O4S/c31-26(17-18-27(32)34-21-19-23-12-5-2-6-13-23)30-28(35)29-24-15-7-8-16-25(24)33-20-9-14-22-10-3-1-4-11-22/h1-8,10-13,15-16H,9,14,17-21H2,(H2,29,30,31,35). The van der Waals surface area contributed by atoms with Gasteiger partial charge in [-0.25, -0.2) is 0 Å². The van der Waals surface area contributed by atoms with E-state index in [9.17, 15) is 9.59 Å². The Morgan fingerprint density at radius 1 is 0.743 bits per heavy atom. The summed E-state index contributed by atoms with van der Waals surface area (Å²) in [4.78, 5) is 24.1. The van der Waals surface area contributed by atoms with Crippen molar-refractivity contribution in [3.05, 3.63) is 96.1 Å². The molecule has 0 aliphatic carbocycles. The molecule has 0 bridgehead atoms. The van der Waals surface area contributed by atoms with E-state index in [2.05, 4.69) is 22.8 Å². The van der Waals surface area contributed by atoms with Crippen LogP contribution in [0.5, 0.6) is 5.75 Å². The lowest BCUT2D eigenvalue weighted by Gasteiger charge is -2.14. The number of nitrogens with one attached hydrogen (secondary N) is 2. The van der Waals surface area contributed by atoms with Gasteiger partial charge in [0.1, 0.15) is 5.75 Å². The van der Waals surface area contributed by atoms with Gasteiger partial charge in [-0.3, -0.25) is 9.59 Å². The van der Waals surface area contributed by atoms with Crippen LogP contribution in [0.2, 0.25) is 0 Å². The van der Waals surface area contributed by atoms with E-state index < -0.39 is 5.97 Å². The summed E-state index contributed by atoms with van der Waals surface area (Å²) in [6.07, 6.45) is 2.43. The number of carbonyl (C=O) groups is 2. The molecule has 0 spiro atoms. The average Bonchev–Trinajstić information content (AvgIpc) is 2.87. The van der Waals surface area contributed by atoms with Gasteiger partial charge < -0.3 is 20.1 Å². The number of anilines is 1. The molecule has 0 heterocycles. The number of carbonyl (C=O) groups excluding carboxylic acids is 2. The van der Waals surface area contributed by atoms with Gasteiger partial charge in [0.15, 0.2) is 5.11 Å². The van der Waals surface area contributed by atoms with Crippen LogP contribution < -0.4 is 15.4 Å². The Hall–Kier alpha value is -3.71. The van der Waals surface area contributed by atoms with Crippen molar-refractivity contribution < 1.29 is 19.1 Å². The highest BCUT2D eigenvalue weighted by molar-refractivity contribution is 7.80. The predicted octanol–water partition coefficient (Wildman–Crippen LogP) is 5.08. The molecule has 1 amide bonds. The highest BCUT2D eigenvalue weighted by Gasteiger charge is 2.11. The van der Waals surface area contributed by atoms with Gasteiger partial charge >= 0.3 is 5.97 Å². The highest BCUT2D eigenvalue weighted by atomic mass is 32.1. The van der Waals surface area contributed by atoms with Gasteiger partial charge in [-0.15, -0.1) is 0 Å². The smallest absolute Gasteiger partial charge is 0.306 e. The summed E-state index contributed by atoms with van der Waals surface area (Å²) >= 11 is 5.26. The van der Waals surface area contributed by atoms with Gasteiger partial charge in [0, 0.05) is 12.8 Å². The lowest BCUT2D eigenvalue weighted by Crippen LogP contribution is -2.34. The van der Waals surface area contributed by atoms with Crippen LogP contribution in [0.4, 0.5) is 5.69 Å². The van der Waals surface area contributed by atoms with Crippen molar-refractivity contribution in [1.29, 1.82) is 0 Å². The first-order chi connectivity index (χ1) is 17.1. The number of hydrogen-bond acceptors (Lipinski definition) is 5. The van der Waals surface area contributed by atoms with Crippen molar-refractivity contribution in [3.8, 4) is 5.75 Å². The van der Waals surface area contributed by atoms with Gasteiger partial charge in [0.25, 0.3) is 0 Å². The molecular weight excluding hydrogens is 460 g/mol. The first kappa shape index (κ1) is 25.9. The Balaban J connectivity index is 1.34. The molecule has 3 rings (SSSR count). The molecule has 0 atom stereocenters. The topological polar surface area (TPSA) is 76.7 Å². The van der Waals surface area contributed by atoms with Gasteiger partial charge in [0.2, 0.25) is 5.91 Å². The summed E-state index contributed by atoms with van der Waals surface area (Å²) < 4.78 is 11.1. The zero-order valence-electron chi connectivity index (χ0n) is 19.6. The number of esters is 1. The van der Waals surface area contributed by atoms with Crippen molar-refractivity contribution in [2.75, 3.05) is 18.5 Å². The molecule has 0 saturated carbocycles. The Bertz CT molecular complexity index is 1090. The summed E-state index contributed by atoms with van der Waals surface area (Å²) in [6.45, 7) is 0.839. The molecule has 3 aromatic rings. The van der Waals surface area contributed by atoms with Crippen LogP contribution in [0.3, 0.4) is 0 Å². The minimum absolute atomic E-state index is 0.00957. The van der Waals surface area contributed by atoms with E-state index in [1.54, 1.807) is 0 Å². The fraction of sp³-hybridized carbons (Fsp3) is 0.250. The molecule has 3 aromatic carbocycles. The summed E-state index contributed by atoms with van der Waals surface area (Å²) in [5.74, 6) is -0.118. The number of para-hydroxylation sites is 2. The average molecular weight is 491 g/mol. The molecule has 2 N–H and O–H groups in total. The van der Waals surface area contributed by atoms with E-state index in [1.807, 2.05) is 72.8 Å². The summed E-state index contributed by atoms with van der Waals surface area (Å²) in [5.41, 5.74) is 3.03. The predicted molar refractivity (Wildman–Crippen MR) is 141 cm³/mol. The lowest BCUT2D eigenvalue weighted by molar-refractivity contribution is -0.144. The maximum atomic E-state index is 12.2. The zero-order valence-corrected chi connectivity index (χ0v) is 20.4. The minimum Gasteiger partial charge on any atom is -0.491 e. The number of hydrogen-bond donors (Lipinski definition) is 2. The molecule has 35 heavy (non-hydrogen) atoms. The first-order valence-corrected chi connectivity index (χ1v) is 12.1. The molecule has 0 aromatic heterocycles. The number of aryl methyl sites for hydroxylation is 1. The quantitative estimate of drug-likeness (QED) is 0.210. The number of benzene rings is 3. The zero-order chi connectivity index (χ0) is 24.7. The van der Waals surface area contributed by atoms with E-state index in [-0.39, 0.29) is 30.5 Å².